The number of nitrogens with one attached hydrogen (secondary N) is 1. The van der Waals surface area contributed by atoms with Crippen molar-refractivity contribution in [2.24, 2.45) is 0 Å². The number of hydrogen-bond donors (Lipinski definition) is 2. The van der Waals surface area contributed by atoms with Crippen LogP contribution >= 0.6 is 0 Å². The Hall–Kier alpha value is -1.02. The molecule has 0 spiro atoms. The molecule has 1 aromatic carbocycles. The third-order valence-electron chi connectivity index (χ3n) is 2.20. The van der Waals surface area contributed by atoms with Crippen molar-refractivity contribution in [3.8, 4) is 5.75 Å². The van der Waals surface area contributed by atoms with Crippen molar-refractivity contribution in [2.75, 3.05) is 0 Å². The second-order valence-corrected chi connectivity index (χ2v) is 3.36. The van der Waals surface area contributed by atoms with Crippen molar-refractivity contribution in [2.45, 2.75) is 32.9 Å². The molecule has 1 atom stereocenters. The van der Waals surface area contributed by atoms with Gasteiger partial charge >= 0.3 is 0 Å². The summed E-state index contributed by atoms with van der Waals surface area (Å²) in [4.78, 5) is 0. The number of phenolic OH excluding ortho intramolecular Hbond substituents is 1. The molecule has 2 nitrogen and oxygen atoms in total. The number of phenols is 1. The summed E-state index contributed by atoms with van der Waals surface area (Å²) in [6, 6.07) is 7.85. The zero-order valence-corrected chi connectivity index (χ0v) is 8.25. The first-order chi connectivity index (χ1) is 6.22. The predicted molar refractivity (Wildman–Crippen MR) is 54.7 cm³/mol. The number of hydrogen-bond acceptors (Lipinski definition) is 2. The summed E-state index contributed by atoms with van der Waals surface area (Å²) < 4.78 is 0. The van der Waals surface area contributed by atoms with E-state index >= 15 is 0 Å². The lowest BCUT2D eigenvalue weighted by atomic mass is 10.2. The van der Waals surface area contributed by atoms with E-state index in [1.165, 1.54) is 5.56 Å². The van der Waals surface area contributed by atoms with Crippen molar-refractivity contribution in [1.29, 1.82) is 0 Å². The zero-order valence-electron chi connectivity index (χ0n) is 8.25. The minimum Gasteiger partial charge on any atom is -0.508 e. The largest absolute Gasteiger partial charge is 0.508 e. The molecular weight excluding hydrogens is 162 g/mol. The highest BCUT2D eigenvalue weighted by Gasteiger charge is 1.97. The maximum atomic E-state index is 9.06. The summed E-state index contributed by atoms with van der Waals surface area (Å²) in [5, 5.41) is 12.4. The van der Waals surface area contributed by atoms with Crippen molar-refractivity contribution in [3.05, 3.63) is 29.8 Å². The van der Waals surface area contributed by atoms with Crippen molar-refractivity contribution >= 4 is 0 Å². The Morgan fingerprint density at radius 3 is 2.46 bits per heavy atom. The van der Waals surface area contributed by atoms with Crippen LogP contribution in [0.4, 0.5) is 0 Å². The standard InChI is InChI=1S/C11H17NO/c1-3-9(2)12-8-10-4-6-11(13)7-5-10/h4-7,9,12-13H,3,8H2,1-2H3. The molecule has 0 aliphatic heterocycles. The molecule has 0 saturated carbocycles. The van der Waals surface area contributed by atoms with E-state index < -0.39 is 0 Å². The number of rotatable bonds is 4. The van der Waals surface area contributed by atoms with Crippen LogP contribution < -0.4 is 5.32 Å². The molecule has 0 aromatic heterocycles. The molecule has 72 valence electrons. The highest BCUT2D eigenvalue weighted by molar-refractivity contribution is 5.25. The minimum atomic E-state index is 0.326. The van der Waals surface area contributed by atoms with E-state index in [1.54, 1.807) is 12.1 Å². The summed E-state index contributed by atoms with van der Waals surface area (Å²) in [5.41, 5.74) is 1.21. The molecule has 0 aliphatic rings. The van der Waals surface area contributed by atoms with Gasteiger partial charge in [-0.1, -0.05) is 19.1 Å². The third-order valence-corrected chi connectivity index (χ3v) is 2.20. The third kappa shape index (κ3) is 3.47. The summed E-state index contributed by atoms with van der Waals surface area (Å²) >= 11 is 0. The van der Waals surface area contributed by atoms with E-state index in [9.17, 15) is 0 Å². The molecule has 13 heavy (non-hydrogen) atoms. The van der Waals surface area contributed by atoms with E-state index in [1.807, 2.05) is 12.1 Å². The van der Waals surface area contributed by atoms with Gasteiger partial charge in [-0.2, -0.15) is 0 Å². The quantitative estimate of drug-likeness (QED) is 0.743. The van der Waals surface area contributed by atoms with E-state index in [0.29, 0.717) is 11.8 Å². The van der Waals surface area contributed by atoms with Gasteiger partial charge in [0.05, 0.1) is 0 Å². The van der Waals surface area contributed by atoms with Gasteiger partial charge in [-0.3, -0.25) is 0 Å². The lowest BCUT2D eigenvalue weighted by molar-refractivity contribution is 0.474. The molecule has 0 radical (unpaired) electrons. The summed E-state index contributed by atoms with van der Waals surface area (Å²) in [7, 11) is 0. The van der Waals surface area contributed by atoms with Crippen LogP contribution in [0.3, 0.4) is 0 Å². The van der Waals surface area contributed by atoms with Gasteiger partial charge in [-0.25, -0.2) is 0 Å². The summed E-state index contributed by atoms with van der Waals surface area (Å²) in [6.07, 6.45) is 1.14. The van der Waals surface area contributed by atoms with Crippen molar-refractivity contribution in [3.63, 3.8) is 0 Å². The Labute approximate surface area is 79.6 Å². The first-order valence-corrected chi connectivity index (χ1v) is 4.73. The van der Waals surface area contributed by atoms with E-state index in [4.69, 9.17) is 5.11 Å². The fourth-order valence-corrected chi connectivity index (χ4v) is 1.05. The molecule has 0 saturated heterocycles. The zero-order chi connectivity index (χ0) is 9.68. The molecular formula is C11H17NO. The molecule has 1 rings (SSSR count). The molecule has 0 amide bonds. The van der Waals surface area contributed by atoms with E-state index in [-0.39, 0.29) is 0 Å². The molecule has 2 heteroatoms. The Bertz CT molecular complexity index is 243. The van der Waals surface area contributed by atoms with Crippen LogP contribution in [-0.4, -0.2) is 11.1 Å². The van der Waals surface area contributed by atoms with Gasteiger partial charge in [0.2, 0.25) is 0 Å². The molecule has 0 bridgehead atoms. The maximum Gasteiger partial charge on any atom is 0.115 e. The SMILES string of the molecule is CCC(C)NCc1ccc(O)cc1. The van der Waals surface area contributed by atoms with Crippen LogP contribution in [0.5, 0.6) is 5.75 Å². The molecule has 2 N–H and O–H groups in total. The second kappa shape index (κ2) is 4.87. The van der Waals surface area contributed by atoms with E-state index in [2.05, 4.69) is 19.2 Å². The lowest BCUT2D eigenvalue weighted by Crippen LogP contribution is -2.24. The highest BCUT2D eigenvalue weighted by atomic mass is 16.3. The fraction of sp³-hybridized carbons (Fsp3) is 0.455. The molecule has 0 heterocycles. The summed E-state index contributed by atoms with van der Waals surface area (Å²) in [5.74, 6) is 0.326. The molecule has 1 aromatic rings. The highest BCUT2D eigenvalue weighted by Crippen LogP contribution is 2.09. The van der Waals surface area contributed by atoms with Gasteiger partial charge in [0, 0.05) is 12.6 Å². The first kappa shape index (κ1) is 10.1. The van der Waals surface area contributed by atoms with Crippen LogP contribution in [-0.2, 0) is 6.54 Å². The summed E-state index contributed by atoms with van der Waals surface area (Å²) in [6.45, 7) is 5.20. The predicted octanol–water partition coefficient (Wildman–Crippen LogP) is 2.28. The normalized spacial score (nSPS) is 12.8. The number of aromatic hydroxyl groups is 1. The Balaban J connectivity index is 2.41. The molecule has 1 unspecified atom stereocenters. The maximum absolute atomic E-state index is 9.06. The Morgan fingerprint density at radius 1 is 1.31 bits per heavy atom. The average Bonchev–Trinajstić information content (AvgIpc) is 2.16. The average molecular weight is 179 g/mol. The fourth-order valence-electron chi connectivity index (χ4n) is 1.05. The van der Waals surface area contributed by atoms with Gasteiger partial charge in [0.15, 0.2) is 0 Å². The van der Waals surface area contributed by atoms with Gasteiger partial charge in [-0.05, 0) is 31.0 Å². The number of benzene rings is 1. The van der Waals surface area contributed by atoms with Crippen LogP contribution in [0.15, 0.2) is 24.3 Å². The van der Waals surface area contributed by atoms with Gasteiger partial charge < -0.3 is 10.4 Å². The monoisotopic (exact) mass is 179 g/mol. The van der Waals surface area contributed by atoms with Crippen LogP contribution in [0.2, 0.25) is 0 Å². The van der Waals surface area contributed by atoms with Crippen LogP contribution in [0.25, 0.3) is 0 Å². The second-order valence-electron chi connectivity index (χ2n) is 3.36. The van der Waals surface area contributed by atoms with Crippen molar-refractivity contribution in [1.82, 2.24) is 5.32 Å². The lowest BCUT2D eigenvalue weighted by Gasteiger charge is -2.10. The van der Waals surface area contributed by atoms with Gasteiger partial charge in [0.1, 0.15) is 5.75 Å². The Kier molecular flexibility index (Phi) is 3.77. The van der Waals surface area contributed by atoms with Crippen molar-refractivity contribution < 1.29 is 5.11 Å². The minimum absolute atomic E-state index is 0.326. The topological polar surface area (TPSA) is 32.3 Å². The van der Waals surface area contributed by atoms with Crippen LogP contribution in [0.1, 0.15) is 25.8 Å². The Morgan fingerprint density at radius 2 is 1.92 bits per heavy atom. The van der Waals surface area contributed by atoms with Gasteiger partial charge in [0.25, 0.3) is 0 Å². The smallest absolute Gasteiger partial charge is 0.115 e. The molecule has 0 aliphatic carbocycles. The first-order valence-electron chi connectivity index (χ1n) is 4.73. The van der Waals surface area contributed by atoms with Crippen LogP contribution in [0, 0.1) is 0 Å². The molecule has 0 fully saturated rings. The van der Waals surface area contributed by atoms with Gasteiger partial charge in [-0.15, -0.1) is 0 Å². The van der Waals surface area contributed by atoms with E-state index in [0.717, 1.165) is 13.0 Å².